The molecule has 7 nitrogen and oxygen atoms in total. The van der Waals surface area contributed by atoms with Gasteiger partial charge >= 0.3 is 0 Å². The number of nitrogens with one attached hydrogen (secondary N) is 1. The predicted molar refractivity (Wildman–Crippen MR) is 124 cm³/mol. The Morgan fingerprint density at radius 1 is 1.09 bits per heavy atom. The highest BCUT2D eigenvalue weighted by atomic mass is 35.5. The second-order valence-corrected chi connectivity index (χ2v) is 8.43. The summed E-state index contributed by atoms with van der Waals surface area (Å²) in [5, 5.41) is 3.53. The smallest absolute Gasteiger partial charge is 0.255 e. The standard InChI is InChI=1S/C24H24ClN5O2/c1-14-10-15(2)28-24(27-14)29-18-6-9-21(25)20(12-18)23(32)30(19-7-8-19)13-16-4-3-5-17(11-16)22(26)31/h3-6,9-12,19H,7-8,13H2,1-2H3,(H2,26,31)(H,27,28,29). The van der Waals surface area contributed by atoms with Crippen molar-refractivity contribution in [2.75, 3.05) is 5.32 Å². The van der Waals surface area contributed by atoms with Gasteiger partial charge in [0.05, 0.1) is 10.6 Å². The average Bonchev–Trinajstić information content (AvgIpc) is 3.57. The van der Waals surface area contributed by atoms with Crippen LogP contribution in [0.3, 0.4) is 0 Å². The number of primary amides is 1. The minimum atomic E-state index is -0.494. The number of aromatic nitrogens is 2. The predicted octanol–water partition coefficient (Wildman–Crippen LogP) is 4.39. The fourth-order valence-electron chi connectivity index (χ4n) is 3.61. The van der Waals surface area contributed by atoms with Gasteiger partial charge in [0.25, 0.3) is 5.91 Å². The fourth-order valence-corrected chi connectivity index (χ4v) is 3.80. The van der Waals surface area contributed by atoms with Crippen LogP contribution < -0.4 is 11.1 Å². The van der Waals surface area contributed by atoms with Gasteiger partial charge in [-0.1, -0.05) is 23.7 Å². The normalized spacial score (nSPS) is 13.0. The van der Waals surface area contributed by atoms with Crippen LogP contribution in [0, 0.1) is 13.8 Å². The lowest BCUT2D eigenvalue weighted by Crippen LogP contribution is -2.33. The summed E-state index contributed by atoms with van der Waals surface area (Å²) in [7, 11) is 0. The quantitative estimate of drug-likeness (QED) is 0.556. The molecule has 0 spiro atoms. The van der Waals surface area contributed by atoms with Gasteiger partial charge in [0.15, 0.2) is 0 Å². The van der Waals surface area contributed by atoms with E-state index < -0.39 is 5.91 Å². The minimum Gasteiger partial charge on any atom is -0.366 e. The zero-order valence-electron chi connectivity index (χ0n) is 17.9. The molecule has 3 aromatic rings. The van der Waals surface area contributed by atoms with Crippen LogP contribution in [0.4, 0.5) is 11.6 Å². The molecule has 4 rings (SSSR count). The van der Waals surface area contributed by atoms with E-state index in [0.29, 0.717) is 34.3 Å². The van der Waals surface area contributed by atoms with Gasteiger partial charge < -0.3 is 16.0 Å². The summed E-state index contributed by atoms with van der Waals surface area (Å²) in [5.41, 5.74) is 9.44. The van der Waals surface area contributed by atoms with Gasteiger partial charge in [-0.25, -0.2) is 9.97 Å². The SMILES string of the molecule is Cc1cc(C)nc(Nc2ccc(Cl)c(C(=O)N(Cc3cccc(C(N)=O)c3)C3CC3)c2)n1. The largest absolute Gasteiger partial charge is 0.366 e. The number of hydrogen-bond acceptors (Lipinski definition) is 5. The van der Waals surface area contributed by atoms with E-state index in [9.17, 15) is 9.59 Å². The number of nitrogens with zero attached hydrogens (tertiary/aromatic N) is 3. The Morgan fingerprint density at radius 2 is 1.81 bits per heavy atom. The van der Waals surface area contributed by atoms with Crippen LogP contribution >= 0.6 is 11.6 Å². The van der Waals surface area contributed by atoms with Crippen molar-refractivity contribution in [2.24, 2.45) is 5.73 Å². The number of halogens is 1. The van der Waals surface area contributed by atoms with Crippen molar-refractivity contribution < 1.29 is 9.59 Å². The van der Waals surface area contributed by atoms with E-state index in [1.807, 2.05) is 26.0 Å². The highest BCUT2D eigenvalue weighted by Gasteiger charge is 2.34. The maximum atomic E-state index is 13.5. The Labute approximate surface area is 191 Å². The topological polar surface area (TPSA) is 101 Å². The summed E-state index contributed by atoms with van der Waals surface area (Å²) in [6, 6.07) is 14.3. The van der Waals surface area contributed by atoms with Crippen molar-refractivity contribution in [3.05, 3.63) is 81.6 Å². The maximum absolute atomic E-state index is 13.5. The van der Waals surface area contributed by atoms with Crippen LogP contribution in [-0.4, -0.2) is 32.7 Å². The maximum Gasteiger partial charge on any atom is 0.255 e. The van der Waals surface area contributed by atoms with E-state index >= 15 is 0 Å². The van der Waals surface area contributed by atoms with E-state index in [0.717, 1.165) is 29.8 Å². The molecule has 164 valence electrons. The molecule has 0 radical (unpaired) electrons. The van der Waals surface area contributed by atoms with Gasteiger partial charge in [0, 0.05) is 35.2 Å². The number of benzene rings is 2. The summed E-state index contributed by atoms with van der Waals surface area (Å²) in [4.78, 5) is 35.6. The highest BCUT2D eigenvalue weighted by molar-refractivity contribution is 6.34. The van der Waals surface area contributed by atoms with Crippen LogP contribution in [-0.2, 0) is 6.54 Å². The van der Waals surface area contributed by atoms with Gasteiger partial charge in [0.1, 0.15) is 0 Å². The van der Waals surface area contributed by atoms with Crippen LogP contribution in [0.5, 0.6) is 0 Å². The molecule has 0 atom stereocenters. The minimum absolute atomic E-state index is 0.148. The van der Waals surface area contributed by atoms with Crippen molar-refractivity contribution in [2.45, 2.75) is 39.3 Å². The molecule has 1 fully saturated rings. The molecule has 0 bridgehead atoms. The van der Waals surface area contributed by atoms with Crippen molar-refractivity contribution in [1.29, 1.82) is 0 Å². The molecule has 0 aliphatic heterocycles. The van der Waals surface area contributed by atoms with E-state index in [1.54, 1.807) is 41.3 Å². The summed E-state index contributed by atoms with van der Waals surface area (Å²) < 4.78 is 0. The van der Waals surface area contributed by atoms with Crippen molar-refractivity contribution in [3.63, 3.8) is 0 Å². The van der Waals surface area contributed by atoms with Crippen LogP contribution in [0.15, 0.2) is 48.5 Å². The Hall–Kier alpha value is -3.45. The molecule has 8 heteroatoms. The number of carbonyl (C=O) groups excluding carboxylic acids is 2. The van der Waals surface area contributed by atoms with Crippen molar-refractivity contribution >= 4 is 35.1 Å². The Balaban J connectivity index is 1.59. The number of nitrogens with two attached hydrogens (primary N) is 1. The monoisotopic (exact) mass is 449 g/mol. The summed E-state index contributed by atoms with van der Waals surface area (Å²) in [5.74, 6) is -0.191. The molecule has 0 saturated heterocycles. The fraction of sp³-hybridized carbons (Fsp3) is 0.250. The summed E-state index contributed by atoms with van der Waals surface area (Å²) in [6.45, 7) is 4.17. The zero-order valence-corrected chi connectivity index (χ0v) is 18.7. The second-order valence-electron chi connectivity index (χ2n) is 8.02. The summed E-state index contributed by atoms with van der Waals surface area (Å²) >= 11 is 6.42. The number of anilines is 2. The molecule has 2 aromatic carbocycles. The first-order chi connectivity index (χ1) is 15.3. The Kier molecular flexibility index (Phi) is 6.10. The third-order valence-corrected chi connectivity index (χ3v) is 5.58. The zero-order chi connectivity index (χ0) is 22.8. The number of carbonyl (C=O) groups is 2. The molecular weight excluding hydrogens is 426 g/mol. The van der Waals surface area contributed by atoms with Gasteiger partial charge in [0.2, 0.25) is 11.9 Å². The number of amides is 2. The van der Waals surface area contributed by atoms with Gasteiger partial charge in [-0.15, -0.1) is 0 Å². The molecule has 32 heavy (non-hydrogen) atoms. The molecule has 1 saturated carbocycles. The van der Waals surface area contributed by atoms with E-state index in [4.69, 9.17) is 17.3 Å². The van der Waals surface area contributed by atoms with Crippen LogP contribution in [0.1, 0.15) is 50.5 Å². The Bertz CT molecular complexity index is 1170. The third-order valence-electron chi connectivity index (χ3n) is 5.25. The molecular formula is C24H24ClN5O2. The average molecular weight is 450 g/mol. The molecule has 1 aliphatic rings. The van der Waals surface area contributed by atoms with Gasteiger partial charge in [-0.3, -0.25) is 9.59 Å². The number of hydrogen-bond donors (Lipinski definition) is 2. The summed E-state index contributed by atoms with van der Waals surface area (Å²) in [6.07, 6.45) is 1.88. The first kappa shape index (κ1) is 21.8. The second kappa shape index (κ2) is 8.96. The van der Waals surface area contributed by atoms with E-state index in [-0.39, 0.29) is 11.9 Å². The number of aryl methyl sites for hydroxylation is 2. The molecule has 1 aliphatic carbocycles. The lowest BCUT2D eigenvalue weighted by atomic mass is 10.1. The third kappa shape index (κ3) is 5.06. The van der Waals surface area contributed by atoms with Crippen molar-refractivity contribution in [3.8, 4) is 0 Å². The van der Waals surface area contributed by atoms with Gasteiger partial charge in [-0.05, 0) is 68.7 Å². The van der Waals surface area contributed by atoms with Crippen LogP contribution in [0.25, 0.3) is 0 Å². The lowest BCUT2D eigenvalue weighted by Gasteiger charge is -2.24. The molecule has 3 N–H and O–H groups in total. The van der Waals surface area contributed by atoms with Crippen molar-refractivity contribution in [1.82, 2.24) is 14.9 Å². The molecule has 0 unspecified atom stereocenters. The number of rotatable bonds is 7. The molecule has 1 heterocycles. The molecule has 2 amide bonds. The molecule has 1 aromatic heterocycles. The Morgan fingerprint density at radius 3 is 2.47 bits per heavy atom. The lowest BCUT2D eigenvalue weighted by molar-refractivity contribution is 0.0730. The first-order valence-corrected chi connectivity index (χ1v) is 10.8. The van der Waals surface area contributed by atoms with E-state index in [2.05, 4.69) is 15.3 Å². The first-order valence-electron chi connectivity index (χ1n) is 10.4. The van der Waals surface area contributed by atoms with E-state index in [1.165, 1.54) is 0 Å². The van der Waals surface area contributed by atoms with Crippen LogP contribution in [0.2, 0.25) is 5.02 Å². The highest BCUT2D eigenvalue weighted by Crippen LogP contribution is 2.32. The van der Waals surface area contributed by atoms with Gasteiger partial charge in [-0.2, -0.15) is 0 Å².